The molecule has 3 amide bonds. The van der Waals surface area contributed by atoms with Crippen LogP contribution in [0, 0.1) is 11.8 Å². The number of alkyl carbamates (subject to hydrolysis) is 1. The Balaban J connectivity index is 1.27. The molecule has 0 bridgehead atoms. The zero-order valence-electron chi connectivity index (χ0n) is 26.4. The van der Waals surface area contributed by atoms with Crippen molar-refractivity contribution >= 4 is 40.5 Å². The van der Waals surface area contributed by atoms with Crippen LogP contribution in [0.1, 0.15) is 82.6 Å². The summed E-state index contributed by atoms with van der Waals surface area (Å²) in [6.45, 7) is 6.84. The minimum absolute atomic E-state index is 0.0443. The number of carbonyl (C=O) groups excluding carboxylic acids is 3. The summed E-state index contributed by atoms with van der Waals surface area (Å²) in [5, 5.41) is 15.7. The number of aromatic nitrogens is 1. The number of hydrogen-bond donors (Lipinski definition) is 4. The van der Waals surface area contributed by atoms with Crippen LogP contribution in [0.5, 0.6) is 0 Å². The first-order chi connectivity index (χ1) is 21.4. The van der Waals surface area contributed by atoms with Crippen molar-refractivity contribution in [2.75, 3.05) is 31.6 Å². The van der Waals surface area contributed by atoms with Gasteiger partial charge in [-0.25, -0.2) is 14.0 Å². The van der Waals surface area contributed by atoms with Crippen molar-refractivity contribution in [3.8, 4) is 0 Å². The quantitative estimate of drug-likeness (QED) is 0.325. The molecule has 1 saturated carbocycles. The number of halogens is 1. The number of benzene rings is 1. The second-order valence-electron chi connectivity index (χ2n) is 13.7. The highest BCUT2D eigenvalue weighted by molar-refractivity contribution is 6.01. The monoisotopic (exact) mass is 627 g/mol. The molecule has 1 aromatic carbocycles. The van der Waals surface area contributed by atoms with Gasteiger partial charge in [0.2, 0.25) is 11.8 Å². The van der Waals surface area contributed by atoms with Crippen LogP contribution in [0.4, 0.5) is 14.9 Å². The lowest BCUT2D eigenvalue weighted by Crippen LogP contribution is -2.55. The summed E-state index contributed by atoms with van der Waals surface area (Å²) in [7, 11) is 0. The lowest BCUT2D eigenvalue weighted by Gasteiger charge is -2.38. The first-order valence-electron chi connectivity index (χ1n) is 16.2. The molecule has 2 aromatic rings. The Kier molecular flexibility index (Phi) is 10.0. The van der Waals surface area contributed by atoms with Crippen LogP contribution < -0.4 is 10.6 Å². The van der Waals surface area contributed by atoms with Crippen LogP contribution in [0.2, 0.25) is 0 Å². The number of hydrogen-bond acceptors (Lipinski definition) is 6. The Hall–Kier alpha value is -3.67. The van der Waals surface area contributed by atoms with Crippen molar-refractivity contribution in [3.05, 3.63) is 30.0 Å². The highest BCUT2D eigenvalue weighted by atomic mass is 19.1. The number of carbonyl (C=O) groups is 4. The van der Waals surface area contributed by atoms with Gasteiger partial charge in [0.15, 0.2) is 0 Å². The molecule has 0 radical (unpaired) electrons. The highest BCUT2D eigenvalue weighted by Gasteiger charge is 2.46. The van der Waals surface area contributed by atoms with Gasteiger partial charge in [-0.15, -0.1) is 0 Å². The molecule has 11 nitrogen and oxygen atoms in total. The number of aromatic amines is 1. The van der Waals surface area contributed by atoms with Crippen molar-refractivity contribution in [1.82, 2.24) is 20.1 Å². The smallest absolute Gasteiger partial charge is 0.407 e. The van der Waals surface area contributed by atoms with Crippen molar-refractivity contribution < 1.29 is 33.4 Å². The van der Waals surface area contributed by atoms with E-state index in [2.05, 4.69) is 20.5 Å². The zero-order valence-corrected chi connectivity index (χ0v) is 26.4. The number of rotatable bonds is 8. The predicted octanol–water partition coefficient (Wildman–Crippen LogP) is 4.93. The number of alkyl halides is 1. The van der Waals surface area contributed by atoms with Gasteiger partial charge >= 0.3 is 12.1 Å². The standard InChI is InChI=1S/C33H46FN5O6/c1-33(2,3)45-32(44)37-26(19-34)20-7-9-21(10-8-20)30(41)39-16-13-27(38-14-5-4-6-15-38)28(39)29(40)35-23-11-12-24-22(17-23)18-25(36-24)31(42)43/h11-12,17-18,20-21,26-28,36H,4-10,13-16,19H2,1-3H3,(H,35,40)(H,37,44)(H,42,43)/t20?,21?,26-,27-,28+/m1/s1. The number of nitrogens with zero attached hydrogens (tertiary/aromatic N) is 2. The fourth-order valence-corrected chi connectivity index (χ4v) is 7.26. The molecular weight excluding hydrogens is 581 g/mol. The van der Waals surface area contributed by atoms with E-state index in [9.17, 15) is 28.7 Å². The van der Waals surface area contributed by atoms with E-state index in [0.29, 0.717) is 55.2 Å². The number of ether oxygens (including phenoxy) is 1. The van der Waals surface area contributed by atoms with E-state index in [1.54, 1.807) is 43.9 Å². The number of fused-ring (bicyclic) bond motifs is 1. The maximum atomic E-state index is 14.0. The molecule has 3 fully saturated rings. The number of piperidine rings is 1. The Morgan fingerprint density at radius 3 is 2.38 bits per heavy atom. The molecule has 246 valence electrons. The average Bonchev–Trinajstić information content (AvgIpc) is 3.64. The van der Waals surface area contributed by atoms with Gasteiger partial charge in [0, 0.05) is 35.1 Å². The Bertz CT molecular complexity index is 1390. The number of carboxylic acid groups (broad SMARTS) is 1. The van der Waals surface area contributed by atoms with Crippen LogP contribution in [0.25, 0.3) is 10.9 Å². The average molecular weight is 628 g/mol. The molecule has 0 unspecified atom stereocenters. The van der Waals surface area contributed by atoms with E-state index in [4.69, 9.17) is 4.74 Å². The molecule has 5 rings (SSSR count). The van der Waals surface area contributed by atoms with Crippen LogP contribution in [0.3, 0.4) is 0 Å². The largest absolute Gasteiger partial charge is 0.477 e. The molecule has 0 spiro atoms. The maximum absolute atomic E-state index is 14.0. The van der Waals surface area contributed by atoms with E-state index in [1.165, 1.54) is 6.07 Å². The third kappa shape index (κ3) is 7.77. The van der Waals surface area contributed by atoms with Crippen LogP contribution in [-0.4, -0.2) is 93.8 Å². The summed E-state index contributed by atoms with van der Waals surface area (Å²) < 4.78 is 19.3. The van der Waals surface area contributed by atoms with E-state index < -0.39 is 36.4 Å². The van der Waals surface area contributed by atoms with Gasteiger partial charge < -0.3 is 30.4 Å². The van der Waals surface area contributed by atoms with E-state index >= 15 is 0 Å². The Labute approximate surface area is 263 Å². The first kappa shape index (κ1) is 32.7. The summed E-state index contributed by atoms with van der Waals surface area (Å²) in [6.07, 6.45) is 5.65. The number of likely N-dealkylation sites (tertiary alicyclic amines) is 2. The molecule has 4 N–H and O–H groups in total. The van der Waals surface area contributed by atoms with E-state index in [1.807, 2.05) is 0 Å². The Morgan fingerprint density at radius 1 is 1.02 bits per heavy atom. The molecule has 1 aromatic heterocycles. The summed E-state index contributed by atoms with van der Waals surface area (Å²) in [5.74, 6) is -1.73. The van der Waals surface area contributed by atoms with E-state index in [0.717, 1.165) is 32.4 Å². The summed E-state index contributed by atoms with van der Waals surface area (Å²) >= 11 is 0. The second kappa shape index (κ2) is 13.8. The third-order valence-electron chi connectivity index (χ3n) is 9.45. The maximum Gasteiger partial charge on any atom is 0.407 e. The zero-order chi connectivity index (χ0) is 32.3. The molecule has 2 saturated heterocycles. The number of nitrogens with one attached hydrogen (secondary N) is 3. The molecule has 3 aliphatic rings. The van der Waals surface area contributed by atoms with E-state index in [-0.39, 0.29) is 35.4 Å². The normalized spacial score (nSPS) is 25.1. The third-order valence-corrected chi connectivity index (χ3v) is 9.45. The number of aromatic carboxylic acids is 1. The molecule has 45 heavy (non-hydrogen) atoms. The van der Waals surface area contributed by atoms with Gasteiger partial charge in [-0.2, -0.15) is 0 Å². The second-order valence-corrected chi connectivity index (χ2v) is 13.7. The summed E-state index contributed by atoms with van der Waals surface area (Å²) in [6, 6.07) is 5.31. The number of H-pyrrole nitrogens is 1. The predicted molar refractivity (Wildman–Crippen MR) is 168 cm³/mol. The first-order valence-corrected chi connectivity index (χ1v) is 16.2. The molecule has 3 heterocycles. The van der Waals surface area contributed by atoms with Crippen LogP contribution in [-0.2, 0) is 14.3 Å². The van der Waals surface area contributed by atoms with Gasteiger partial charge in [0.1, 0.15) is 24.0 Å². The fraction of sp³-hybridized carbons (Fsp3) is 0.636. The summed E-state index contributed by atoms with van der Waals surface area (Å²) in [5.41, 5.74) is 0.578. The molecule has 12 heteroatoms. The Morgan fingerprint density at radius 2 is 1.73 bits per heavy atom. The van der Waals surface area contributed by atoms with Gasteiger partial charge in [0.25, 0.3) is 0 Å². The minimum atomic E-state index is -1.06. The number of carboxylic acids is 1. The molecule has 3 atom stereocenters. The van der Waals surface area contributed by atoms with Crippen molar-refractivity contribution in [2.45, 2.75) is 95.9 Å². The van der Waals surface area contributed by atoms with Gasteiger partial charge in [0.05, 0.1) is 6.04 Å². The van der Waals surface area contributed by atoms with Crippen LogP contribution in [0.15, 0.2) is 24.3 Å². The SMILES string of the molecule is CC(C)(C)OC(=O)N[C@H](CF)C1CCC(C(=O)N2CC[C@@H](N3CCCCC3)[C@H]2C(=O)Nc2ccc3[nH]c(C(=O)O)cc3c2)CC1. The molecular formula is C33H46FN5O6. The highest BCUT2D eigenvalue weighted by Crippen LogP contribution is 2.35. The van der Waals surface area contributed by atoms with Crippen molar-refractivity contribution in [2.24, 2.45) is 11.8 Å². The van der Waals surface area contributed by atoms with Crippen LogP contribution >= 0.6 is 0 Å². The number of amides is 3. The molecule has 1 aliphatic carbocycles. The van der Waals surface area contributed by atoms with Gasteiger partial charge in [-0.3, -0.25) is 14.5 Å². The van der Waals surface area contributed by atoms with Crippen molar-refractivity contribution in [1.29, 1.82) is 0 Å². The van der Waals surface area contributed by atoms with Gasteiger partial charge in [-0.05, 0) is 109 Å². The topological polar surface area (TPSA) is 144 Å². The van der Waals surface area contributed by atoms with Crippen molar-refractivity contribution in [3.63, 3.8) is 0 Å². The number of anilines is 1. The lowest BCUT2D eigenvalue weighted by molar-refractivity contribution is -0.142. The fourth-order valence-electron chi connectivity index (χ4n) is 7.26. The lowest BCUT2D eigenvalue weighted by atomic mass is 9.78. The minimum Gasteiger partial charge on any atom is -0.477 e. The summed E-state index contributed by atoms with van der Waals surface area (Å²) in [4.78, 5) is 58.6. The van der Waals surface area contributed by atoms with Gasteiger partial charge in [-0.1, -0.05) is 6.42 Å². The molecule has 2 aliphatic heterocycles.